The van der Waals surface area contributed by atoms with Crippen LogP contribution in [0.25, 0.3) is 0 Å². The second-order valence-corrected chi connectivity index (χ2v) is 4.72. The molecule has 2 N–H and O–H groups in total. The predicted octanol–water partition coefficient (Wildman–Crippen LogP) is 0.966. The van der Waals surface area contributed by atoms with Crippen LogP contribution in [-0.2, 0) is 11.2 Å². The average molecular weight is 222 g/mol. The summed E-state index contributed by atoms with van der Waals surface area (Å²) in [6.45, 7) is 1.65. The third-order valence-electron chi connectivity index (χ3n) is 3.55. The summed E-state index contributed by atoms with van der Waals surface area (Å²) in [7, 11) is 0. The summed E-state index contributed by atoms with van der Waals surface area (Å²) in [5.41, 5.74) is 6.14. The molecule has 2 atom stereocenters. The molecule has 5 heteroatoms. The Balaban J connectivity index is 1.91. The van der Waals surface area contributed by atoms with Gasteiger partial charge in [-0.25, -0.2) is 0 Å². The Labute approximate surface area is 95.0 Å². The van der Waals surface area contributed by atoms with E-state index in [0.717, 1.165) is 57.0 Å². The number of ether oxygens (including phenoxy) is 1. The molecule has 0 saturated carbocycles. The molecule has 2 aliphatic rings. The fourth-order valence-electron chi connectivity index (χ4n) is 2.69. The second kappa shape index (κ2) is 4.14. The van der Waals surface area contributed by atoms with Crippen molar-refractivity contribution in [2.24, 2.45) is 5.73 Å². The largest absolute Gasteiger partial charge is 0.381 e. The first kappa shape index (κ1) is 10.2. The number of nitrogens with zero attached hydrogens (tertiary/aromatic N) is 3. The number of aromatic nitrogens is 3. The van der Waals surface area contributed by atoms with Crippen LogP contribution < -0.4 is 5.73 Å². The van der Waals surface area contributed by atoms with E-state index in [1.165, 1.54) is 0 Å². The van der Waals surface area contributed by atoms with Gasteiger partial charge in [0.1, 0.15) is 11.6 Å². The Kier molecular flexibility index (Phi) is 2.65. The van der Waals surface area contributed by atoms with Crippen LogP contribution >= 0.6 is 0 Å². The monoisotopic (exact) mass is 222 g/mol. The zero-order valence-corrected chi connectivity index (χ0v) is 9.43. The number of nitrogens with two attached hydrogens (primary N) is 1. The summed E-state index contributed by atoms with van der Waals surface area (Å²) >= 11 is 0. The van der Waals surface area contributed by atoms with E-state index in [0.29, 0.717) is 5.92 Å². The average Bonchev–Trinajstić information content (AvgIpc) is 2.75. The van der Waals surface area contributed by atoms with Gasteiger partial charge >= 0.3 is 0 Å². The minimum atomic E-state index is 0.0654. The number of hydrogen-bond acceptors (Lipinski definition) is 4. The van der Waals surface area contributed by atoms with Gasteiger partial charge in [-0.05, 0) is 25.7 Å². The molecule has 16 heavy (non-hydrogen) atoms. The molecule has 2 unspecified atom stereocenters. The maximum atomic E-state index is 6.14. The molecular formula is C11H18N4O. The Morgan fingerprint density at radius 2 is 2.19 bits per heavy atom. The zero-order chi connectivity index (χ0) is 11.0. The highest BCUT2D eigenvalue weighted by Crippen LogP contribution is 2.29. The van der Waals surface area contributed by atoms with Crippen molar-refractivity contribution in [3.8, 4) is 0 Å². The molecular weight excluding hydrogens is 204 g/mol. The molecule has 0 aliphatic carbocycles. The molecule has 3 heterocycles. The van der Waals surface area contributed by atoms with Gasteiger partial charge in [0.15, 0.2) is 0 Å². The van der Waals surface area contributed by atoms with Crippen LogP contribution in [-0.4, -0.2) is 28.0 Å². The number of rotatable bonds is 1. The topological polar surface area (TPSA) is 66.0 Å². The Hall–Kier alpha value is -0.940. The summed E-state index contributed by atoms with van der Waals surface area (Å²) < 4.78 is 7.65. The fraction of sp³-hybridized carbons (Fsp3) is 0.818. The molecule has 1 fully saturated rings. The first-order valence-corrected chi connectivity index (χ1v) is 6.13. The van der Waals surface area contributed by atoms with E-state index in [-0.39, 0.29) is 6.17 Å². The van der Waals surface area contributed by atoms with Gasteiger partial charge in [0.05, 0.1) is 12.8 Å². The van der Waals surface area contributed by atoms with Crippen molar-refractivity contribution in [3.05, 3.63) is 11.6 Å². The van der Waals surface area contributed by atoms with Crippen molar-refractivity contribution < 1.29 is 4.74 Å². The summed E-state index contributed by atoms with van der Waals surface area (Å²) in [4.78, 5) is 0. The van der Waals surface area contributed by atoms with Gasteiger partial charge in [-0.3, -0.25) is 4.57 Å². The van der Waals surface area contributed by atoms with E-state index in [4.69, 9.17) is 10.5 Å². The molecule has 0 aromatic carbocycles. The molecule has 0 amide bonds. The van der Waals surface area contributed by atoms with Gasteiger partial charge in [0, 0.05) is 18.9 Å². The fourth-order valence-corrected chi connectivity index (χ4v) is 2.69. The van der Waals surface area contributed by atoms with Gasteiger partial charge in [0.2, 0.25) is 0 Å². The van der Waals surface area contributed by atoms with Crippen LogP contribution in [0.3, 0.4) is 0 Å². The molecule has 1 aromatic heterocycles. The lowest BCUT2D eigenvalue weighted by molar-refractivity contribution is 0.0761. The first-order chi connectivity index (χ1) is 7.86. The summed E-state index contributed by atoms with van der Waals surface area (Å²) in [6.07, 6.45) is 5.49. The number of aryl methyl sites for hydroxylation is 1. The Bertz CT molecular complexity index is 370. The van der Waals surface area contributed by atoms with Crippen molar-refractivity contribution in [3.63, 3.8) is 0 Å². The van der Waals surface area contributed by atoms with Crippen LogP contribution in [0.15, 0.2) is 0 Å². The lowest BCUT2D eigenvalue weighted by Crippen LogP contribution is -2.29. The second-order valence-electron chi connectivity index (χ2n) is 4.72. The maximum Gasteiger partial charge on any atom is 0.139 e. The summed E-state index contributed by atoms with van der Waals surface area (Å²) in [5, 5.41) is 8.58. The molecule has 0 radical (unpaired) electrons. The van der Waals surface area contributed by atoms with Crippen molar-refractivity contribution in [2.75, 3.05) is 13.2 Å². The van der Waals surface area contributed by atoms with Gasteiger partial charge in [-0.2, -0.15) is 0 Å². The quantitative estimate of drug-likeness (QED) is 0.768. The van der Waals surface area contributed by atoms with Crippen LogP contribution in [0, 0.1) is 0 Å². The first-order valence-electron chi connectivity index (χ1n) is 6.13. The highest BCUT2D eigenvalue weighted by atomic mass is 16.5. The molecule has 0 spiro atoms. The third kappa shape index (κ3) is 1.64. The van der Waals surface area contributed by atoms with Crippen molar-refractivity contribution in [1.82, 2.24) is 14.8 Å². The highest BCUT2D eigenvalue weighted by molar-refractivity contribution is 5.07. The Morgan fingerprint density at radius 3 is 3.00 bits per heavy atom. The molecule has 5 nitrogen and oxygen atoms in total. The third-order valence-corrected chi connectivity index (χ3v) is 3.55. The van der Waals surface area contributed by atoms with E-state index >= 15 is 0 Å². The molecule has 2 aliphatic heterocycles. The van der Waals surface area contributed by atoms with Gasteiger partial charge < -0.3 is 10.5 Å². The normalized spacial score (nSPS) is 30.1. The minimum absolute atomic E-state index is 0.0654. The molecule has 0 bridgehead atoms. The van der Waals surface area contributed by atoms with Crippen molar-refractivity contribution in [1.29, 1.82) is 0 Å². The SMILES string of the molecule is NC1CCCc2nnc(C3CCCOC3)n21. The minimum Gasteiger partial charge on any atom is -0.381 e. The summed E-state index contributed by atoms with van der Waals surface area (Å²) in [5.74, 6) is 2.49. The Morgan fingerprint density at radius 1 is 1.25 bits per heavy atom. The van der Waals surface area contributed by atoms with Crippen LogP contribution in [0.2, 0.25) is 0 Å². The van der Waals surface area contributed by atoms with E-state index < -0.39 is 0 Å². The van der Waals surface area contributed by atoms with E-state index in [9.17, 15) is 0 Å². The van der Waals surface area contributed by atoms with E-state index in [2.05, 4.69) is 14.8 Å². The standard InChI is InChI=1S/C11H18N4O/c12-9-4-1-5-10-13-14-11(15(9)10)8-3-2-6-16-7-8/h8-9H,1-7,12H2. The van der Waals surface area contributed by atoms with E-state index in [1.54, 1.807) is 0 Å². The van der Waals surface area contributed by atoms with Crippen molar-refractivity contribution >= 4 is 0 Å². The lowest BCUT2D eigenvalue weighted by Gasteiger charge is -2.27. The van der Waals surface area contributed by atoms with Gasteiger partial charge in [-0.1, -0.05) is 0 Å². The van der Waals surface area contributed by atoms with Crippen molar-refractivity contribution in [2.45, 2.75) is 44.2 Å². The van der Waals surface area contributed by atoms with Crippen LogP contribution in [0.5, 0.6) is 0 Å². The number of hydrogen-bond donors (Lipinski definition) is 1. The van der Waals surface area contributed by atoms with E-state index in [1.807, 2.05) is 0 Å². The zero-order valence-electron chi connectivity index (χ0n) is 9.43. The highest BCUT2D eigenvalue weighted by Gasteiger charge is 2.27. The maximum absolute atomic E-state index is 6.14. The molecule has 1 aromatic rings. The van der Waals surface area contributed by atoms with Crippen LogP contribution in [0.4, 0.5) is 0 Å². The van der Waals surface area contributed by atoms with Crippen LogP contribution in [0.1, 0.15) is 49.4 Å². The lowest BCUT2D eigenvalue weighted by atomic mass is 10.0. The smallest absolute Gasteiger partial charge is 0.139 e. The number of fused-ring (bicyclic) bond motifs is 1. The van der Waals surface area contributed by atoms with Gasteiger partial charge in [0.25, 0.3) is 0 Å². The van der Waals surface area contributed by atoms with Gasteiger partial charge in [-0.15, -0.1) is 10.2 Å². The molecule has 1 saturated heterocycles. The summed E-state index contributed by atoms with van der Waals surface area (Å²) in [6, 6.07) is 0. The predicted molar refractivity (Wildman–Crippen MR) is 59.0 cm³/mol. The molecule has 3 rings (SSSR count). The molecule has 88 valence electrons.